The number of thiophene rings is 1. The number of hydrogen-bond acceptors (Lipinski definition) is 5. The van der Waals surface area contributed by atoms with Crippen LogP contribution in [0.25, 0.3) is 0 Å². The number of aromatic nitrogens is 2. The van der Waals surface area contributed by atoms with E-state index in [1.54, 1.807) is 7.05 Å². The predicted octanol–water partition coefficient (Wildman–Crippen LogP) is 0.527. The van der Waals surface area contributed by atoms with Crippen LogP contribution in [0, 0.1) is 0 Å². The zero-order valence-corrected chi connectivity index (χ0v) is 10.6. The number of amides is 1. The van der Waals surface area contributed by atoms with Crippen LogP contribution in [0.3, 0.4) is 0 Å². The number of hydrogen-bond donors (Lipinski definition) is 3. The van der Waals surface area contributed by atoms with E-state index in [4.69, 9.17) is 5.73 Å². The lowest BCUT2D eigenvalue weighted by molar-refractivity contribution is 0.0908. The Morgan fingerprint density at radius 2 is 2.50 bits per heavy atom. The molecular weight excluding hydrogens is 252 g/mol. The monoisotopic (exact) mass is 266 g/mol. The molecule has 4 N–H and O–H groups in total. The molecule has 96 valence electrons. The number of aliphatic hydroxyl groups is 1. The molecule has 0 saturated carbocycles. The van der Waals surface area contributed by atoms with Gasteiger partial charge in [0.05, 0.1) is 18.0 Å². The van der Waals surface area contributed by atoms with Crippen LogP contribution >= 0.6 is 11.3 Å². The highest BCUT2D eigenvalue weighted by atomic mass is 32.1. The van der Waals surface area contributed by atoms with E-state index in [2.05, 4.69) is 10.4 Å². The Bertz CT molecular complexity index is 516. The molecule has 6 nitrogen and oxygen atoms in total. The summed E-state index contributed by atoms with van der Waals surface area (Å²) in [7, 11) is 1.64. The number of nitrogens with zero attached hydrogens (tertiary/aromatic N) is 2. The average molecular weight is 266 g/mol. The highest BCUT2D eigenvalue weighted by Gasteiger charge is 2.16. The number of nitrogen functional groups attached to an aromatic ring is 1. The van der Waals surface area contributed by atoms with Crippen molar-refractivity contribution < 1.29 is 9.90 Å². The van der Waals surface area contributed by atoms with Gasteiger partial charge >= 0.3 is 0 Å². The largest absolute Gasteiger partial charge is 0.396 e. The van der Waals surface area contributed by atoms with Gasteiger partial charge in [-0.1, -0.05) is 0 Å². The lowest BCUT2D eigenvalue weighted by Gasteiger charge is -2.11. The van der Waals surface area contributed by atoms with Crippen LogP contribution in [0.15, 0.2) is 23.0 Å². The minimum absolute atomic E-state index is 0.139. The SMILES string of the molecule is Cn1ncc(N)c1C(=O)NCC(O)c1ccsc1. The number of carbonyl (C=O) groups excluding carboxylic acids is 1. The first kappa shape index (κ1) is 12.6. The van der Waals surface area contributed by atoms with Crippen LogP contribution < -0.4 is 11.1 Å². The van der Waals surface area contributed by atoms with E-state index in [1.807, 2.05) is 16.8 Å². The van der Waals surface area contributed by atoms with E-state index in [-0.39, 0.29) is 12.5 Å². The molecular formula is C11H14N4O2S. The highest BCUT2D eigenvalue weighted by Crippen LogP contribution is 2.15. The van der Waals surface area contributed by atoms with Crippen LogP contribution in [0.5, 0.6) is 0 Å². The van der Waals surface area contributed by atoms with Gasteiger partial charge in [0, 0.05) is 13.6 Å². The van der Waals surface area contributed by atoms with Crippen molar-refractivity contribution in [2.24, 2.45) is 7.05 Å². The van der Waals surface area contributed by atoms with Crippen molar-refractivity contribution in [2.75, 3.05) is 12.3 Å². The Hall–Kier alpha value is -1.86. The maximum atomic E-state index is 11.9. The summed E-state index contributed by atoms with van der Waals surface area (Å²) >= 11 is 1.50. The number of anilines is 1. The Morgan fingerprint density at radius 3 is 3.06 bits per heavy atom. The molecule has 1 unspecified atom stereocenters. The van der Waals surface area contributed by atoms with E-state index in [0.29, 0.717) is 11.4 Å². The summed E-state index contributed by atoms with van der Waals surface area (Å²) in [5.41, 5.74) is 7.05. The fraction of sp³-hybridized carbons (Fsp3) is 0.273. The lowest BCUT2D eigenvalue weighted by Crippen LogP contribution is -2.30. The van der Waals surface area contributed by atoms with Crippen LogP contribution in [0.1, 0.15) is 22.2 Å². The second-order valence-electron chi connectivity index (χ2n) is 3.85. The summed E-state index contributed by atoms with van der Waals surface area (Å²) < 4.78 is 1.40. The summed E-state index contributed by atoms with van der Waals surface area (Å²) in [5, 5.41) is 20.1. The summed E-state index contributed by atoms with van der Waals surface area (Å²) in [5.74, 6) is -0.346. The Kier molecular flexibility index (Phi) is 3.63. The number of nitrogens with two attached hydrogens (primary N) is 1. The van der Waals surface area contributed by atoms with E-state index in [0.717, 1.165) is 5.56 Å². The maximum Gasteiger partial charge on any atom is 0.271 e. The van der Waals surface area contributed by atoms with Gasteiger partial charge in [0.25, 0.3) is 5.91 Å². The Morgan fingerprint density at radius 1 is 1.72 bits per heavy atom. The summed E-state index contributed by atoms with van der Waals surface area (Å²) in [6, 6.07) is 1.82. The van der Waals surface area contributed by atoms with Gasteiger partial charge in [-0.15, -0.1) is 0 Å². The van der Waals surface area contributed by atoms with Gasteiger partial charge in [0.1, 0.15) is 5.69 Å². The van der Waals surface area contributed by atoms with Gasteiger partial charge in [-0.2, -0.15) is 16.4 Å². The topological polar surface area (TPSA) is 93.2 Å². The second kappa shape index (κ2) is 5.19. The minimum Gasteiger partial charge on any atom is -0.396 e. The third-order valence-electron chi connectivity index (χ3n) is 2.57. The number of aryl methyl sites for hydroxylation is 1. The zero-order valence-electron chi connectivity index (χ0n) is 9.83. The molecule has 0 fully saturated rings. The third-order valence-corrected chi connectivity index (χ3v) is 3.27. The van der Waals surface area contributed by atoms with Crippen LogP contribution in [-0.4, -0.2) is 27.3 Å². The average Bonchev–Trinajstić information content (AvgIpc) is 2.96. The lowest BCUT2D eigenvalue weighted by atomic mass is 10.2. The van der Waals surface area contributed by atoms with Crippen LogP contribution in [-0.2, 0) is 7.05 Å². The first-order chi connectivity index (χ1) is 8.59. The number of carbonyl (C=O) groups is 1. The third kappa shape index (κ3) is 2.52. The number of nitrogens with one attached hydrogen (secondary N) is 1. The first-order valence-electron chi connectivity index (χ1n) is 5.35. The molecule has 7 heteroatoms. The van der Waals surface area contributed by atoms with Crippen molar-refractivity contribution in [2.45, 2.75) is 6.10 Å². The molecule has 1 amide bonds. The van der Waals surface area contributed by atoms with Crippen molar-refractivity contribution in [3.05, 3.63) is 34.3 Å². The Balaban J connectivity index is 1.97. The molecule has 1 atom stereocenters. The summed E-state index contributed by atoms with van der Waals surface area (Å²) in [4.78, 5) is 11.9. The number of rotatable bonds is 4. The van der Waals surface area contributed by atoms with Gasteiger partial charge in [0.15, 0.2) is 0 Å². The fourth-order valence-electron chi connectivity index (χ4n) is 1.59. The second-order valence-corrected chi connectivity index (χ2v) is 4.63. The molecule has 0 aliphatic rings. The maximum absolute atomic E-state index is 11.9. The molecule has 0 bridgehead atoms. The van der Waals surface area contributed by atoms with E-state index in [1.165, 1.54) is 22.2 Å². The minimum atomic E-state index is -0.713. The van der Waals surface area contributed by atoms with Crippen molar-refractivity contribution in [3.63, 3.8) is 0 Å². The molecule has 2 aromatic heterocycles. The van der Waals surface area contributed by atoms with Gasteiger partial charge in [-0.3, -0.25) is 9.48 Å². The molecule has 2 rings (SSSR count). The quantitative estimate of drug-likeness (QED) is 0.752. The normalized spacial score (nSPS) is 12.3. The molecule has 0 spiro atoms. The standard InChI is InChI=1S/C11H14N4O2S/c1-15-10(8(12)4-14-15)11(17)13-5-9(16)7-2-3-18-6-7/h2-4,6,9,16H,5,12H2,1H3,(H,13,17). The molecule has 0 aliphatic heterocycles. The van der Waals surface area contributed by atoms with Crippen molar-refractivity contribution in [1.29, 1.82) is 0 Å². The van der Waals surface area contributed by atoms with Crippen molar-refractivity contribution >= 4 is 22.9 Å². The molecule has 0 aliphatic carbocycles. The predicted molar refractivity (Wildman–Crippen MR) is 69.2 cm³/mol. The van der Waals surface area contributed by atoms with Crippen LogP contribution in [0.4, 0.5) is 5.69 Å². The molecule has 18 heavy (non-hydrogen) atoms. The Labute approximate surface area is 108 Å². The van der Waals surface area contributed by atoms with Gasteiger partial charge in [0.2, 0.25) is 0 Å². The van der Waals surface area contributed by atoms with Gasteiger partial charge < -0.3 is 16.2 Å². The molecule has 0 saturated heterocycles. The smallest absolute Gasteiger partial charge is 0.271 e. The molecule has 2 heterocycles. The van der Waals surface area contributed by atoms with Crippen LogP contribution in [0.2, 0.25) is 0 Å². The molecule has 2 aromatic rings. The molecule has 0 radical (unpaired) electrons. The fourth-order valence-corrected chi connectivity index (χ4v) is 2.30. The summed E-state index contributed by atoms with van der Waals surface area (Å²) in [6.45, 7) is 0.139. The van der Waals surface area contributed by atoms with Crippen molar-refractivity contribution in [1.82, 2.24) is 15.1 Å². The number of aliphatic hydroxyl groups excluding tert-OH is 1. The van der Waals surface area contributed by atoms with E-state index in [9.17, 15) is 9.90 Å². The summed E-state index contributed by atoms with van der Waals surface area (Å²) in [6.07, 6.45) is 0.708. The van der Waals surface area contributed by atoms with Crippen molar-refractivity contribution in [3.8, 4) is 0 Å². The van der Waals surface area contributed by atoms with Gasteiger partial charge in [-0.05, 0) is 22.4 Å². The highest BCUT2D eigenvalue weighted by molar-refractivity contribution is 7.07. The zero-order chi connectivity index (χ0) is 13.1. The first-order valence-corrected chi connectivity index (χ1v) is 6.29. The van der Waals surface area contributed by atoms with E-state index < -0.39 is 6.10 Å². The molecule has 0 aromatic carbocycles. The van der Waals surface area contributed by atoms with E-state index >= 15 is 0 Å². The van der Waals surface area contributed by atoms with Gasteiger partial charge in [-0.25, -0.2) is 0 Å².